The number of hydrogen-bond acceptors (Lipinski definition) is 4. The molecule has 2 aromatic rings. The second kappa shape index (κ2) is 4.33. The summed E-state index contributed by atoms with van der Waals surface area (Å²) >= 11 is 5.94. The molecule has 1 aliphatic heterocycles. The monoisotopic (exact) mass is 249 g/mol. The Kier molecular flexibility index (Phi) is 2.68. The highest BCUT2D eigenvalue weighted by Gasteiger charge is 2.19. The third kappa shape index (κ3) is 1.86. The second-order valence-corrected chi connectivity index (χ2v) is 4.27. The van der Waals surface area contributed by atoms with E-state index in [0.717, 1.165) is 36.7 Å². The van der Waals surface area contributed by atoms with Crippen LogP contribution >= 0.6 is 11.6 Å². The molecule has 6 heteroatoms. The number of rotatable bonds is 2. The van der Waals surface area contributed by atoms with Gasteiger partial charge in [-0.1, -0.05) is 0 Å². The number of nitrogens with zero attached hydrogens (tertiary/aromatic N) is 5. The van der Waals surface area contributed by atoms with Gasteiger partial charge in [0, 0.05) is 25.2 Å². The second-order valence-electron chi connectivity index (χ2n) is 4.00. The molecular formula is C11H12ClN5. The number of halogens is 1. The average Bonchev–Trinajstić information content (AvgIpc) is 2.85. The van der Waals surface area contributed by atoms with E-state index >= 15 is 0 Å². The fourth-order valence-electron chi connectivity index (χ4n) is 2.08. The van der Waals surface area contributed by atoms with E-state index in [1.54, 1.807) is 12.5 Å². The fraction of sp³-hybridized carbons (Fsp3) is 0.364. The normalized spacial score (nSPS) is 14.8. The van der Waals surface area contributed by atoms with Crippen molar-refractivity contribution in [3.05, 3.63) is 36.2 Å². The average molecular weight is 250 g/mol. The van der Waals surface area contributed by atoms with Crippen molar-refractivity contribution < 1.29 is 0 Å². The van der Waals surface area contributed by atoms with Gasteiger partial charge in [-0.2, -0.15) is 0 Å². The van der Waals surface area contributed by atoms with E-state index < -0.39 is 0 Å². The van der Waals surface area contributed by atoms with Crippen LogP contribution in [0.3, 0.4) is 0 Å². The first-order chi connectivity index (χ1) is 8.38. The first-order valence-electron chi connectivity index (χ1n) is 5.49. The number of alkyl halides is 1. The van der Waals surface area contributed by atoms with E-state index in [1.165, 1.54) is 0 Å². The minimum Gasteiger partial charge on any atom is -0.361 e. The molecule has 0 saturated heterocycles. The van der Waals surface area contributed by atoms with Crippen LogP contribution in [0.5, 0.6) is 0 Å². The summed E-state index contributed by atoms with van der Waals surface area (Å²) in [5.74, 6) is 1.49. The molecule has 17 heavy (non-hydrogen) atoms. The number of anilines is 1. The maximum atomic E-state index is 5.94. The molecule has 3 heterocycles. The zero-order chi connectivity index (χ0) is 11.7. The highest BCUT2D eigenvalue weighted by atomic mass is 35.5. The van der Waals surface area contributed by atoms with Gasteiger partial charge in [0.15, 0.2) is 5.82 Å². The standard InChI is InChI=1S/C11H12ClN5/c12-5-9-1-2-13-6-10(9)16-3-4-17-8-14-15-11(17)7-16/h1-2,6,8H,3-5,7H2. The largest absolute Gasteiger partial charge is 0.361 e. The van der Waals surface area contributed by atoms with Crippen molar-refractivity contribution in [1.82, 2.24) is 19.7 Å². The highest BCUT2D eigenvalue weighted by molar-refractivity contribution is 6.17. The van der Waals surface area contributed by atoms with Crippen LogP contribution in [0.25, 0.3) is 0 Å². The van der Waals surface area contributed by atoms with Crippen molar-refractivity contribution in [2.45, 2.75) is 19.0 Å². The maximum Gasteiger partial charge on any atom is 0.152 e. The molecule has 0 atom stereocenters. The van der Waals surface area contributed by atoms with Crippen LogP contribution in [-0.2, 0) is 19.0 Å². The topological polar surface area (TPSA) is 46.8 Å². The molecule has 0 N–H and O–H groups in total. The molecule has 1 aliphatic rings. The predicted molar refractivity (Wildman–Crippen MR) is 64.9 cm³/mol. The summed E-state index contributed by atoms with van der Waals surface area (Å²) in [6, 6.07) is 1.96. The molecule has 0 aromatic carbocycles. The predicted octanol–water partition coefficient (Wildman–Crippen LogP) is 1.43. The minimum absolute atomic E-state index is 0.501. The van der Waals surface area contributed by atoms with Crippen molar-refractivity contribution in [2.75, 3.05) is 11.4 Å². The molecule has 0 unspecified atom stereocenters. The molecule has 2 aromatic heterocycles. The van der Waals surface area contributed by atoms with Gasteiger partial charge < -0.3 is 9.47 Å². The van der Waals surface area contributed by atoms with Gasteiger partial charge in [-0.25, -0.2) is 0 Å². The molecule has 88 valence electrons. The van der Waals surface area contributed by atoms with Crippen molar-refractivity contribution >= 4 is 17.3 Å². The molecule has 0 fully saturated rings. The molecule has 0 aliphatic carbocycles. The van der Waals surface area contributed by atoms with Gasteiger partial charge in [-0.15, -0.1) is 21.8 Å². The van der Waals surface area contributed by atoms with Gasteiger partial charge in [0.05, 0.1) is 18.4 Å². The Bertz CT molecular complexity index is 524. The van der Waals surface area contributed by atoms with E-state index in [2.05, 4.69) is 24.6 Å². The van der Waals surface area contributed by atoms with Crippen molar-refractivity contribution in [3.8, 4) is 0 Å². The Balaban J connectivity index is 1.91. The summed E-state index contributed by atoms with van der Waals surface area (Å²) in [7, 11) is 0. The Morgan fingerprint density at radius 3 is 3.18 bits per heavy atom. The summed E-state index contributed by atoms with van der Waals surface area (Å²) < 4.78 is 2.08. The van der Waals surface area contributed by atoms with Crippen LogP contribution in [-0.4, -0.2) is 26.3 Å². The molecule has 3 rings (SSSR count). The summed E-state index contributed by atoms with van der Waals surface area (Å²) in [6.07, 6.45) is 5.41. The molecule has 0 bridgehead atoms. The Labute approximate surface area is 104 Å². The maximum absolute atomic E-state index is 5.94. The number of hydrogen-bond donors (Lipinski definition) is 0. The lowest BCUT2D eigenvalue weighted by molar-refractivity contribution is 0.559. The van der Waals surface area contributed by atoms with E-state index in [1.807, 2.05) is 12.3 Å². The highest BCUT2D eigenvalue weighted by Crippen LogP contribution is 2.24. The molecule has 0 spiro atoms. The number of aromatic nitrogens is 4. The van der Waals surface area contributed by atoms with E-state index in [4.69, 9.17) is 11.6 Å². The Morgan fingerprint density at radius 1 is 1.35 bits per heavy atom. The SMILES string of the molecule is ClCc1ccncc1N1CCn2cnnc2C1. The van der Waals surface area contributed by atoms with E-state index in [0.29, 0.717) is 5.88 Å². The lowest BCUT2D eigenvalue weighted by atomic mass is 10.2. The quantitative estimate of drug-likeness (QED) is 0.756. The number of pyridine rings is 1. The molecule has 5 nitrogen and oxygen atoms in total. The smallest absolute Gasteiger partial charge is 0.152 e. The lowest BCUT2D eigenvalue weighted by Crippen LogP contribution is -2.34. The zero-order valence-corrected chi connectivity index (χ0v) is 10.0. The van der Waals surface area contributed by atoms with Gasteiger partial charge in [0.2, 0.25) is 0 Å². The summed E-state index contributed by atoms with van der Waals surface area (Å²) in [6.45, 7) is 2.59. The van der Waals surface area contributed by atoms with E-state index in [9.17, 15) is 0 Å². The summed E-state index contributed by atoms with van der Waals surface area (Å²) in [4.78, 5) is 6.41. The van der Waals surface area contributed by atoms with Crippen molar-refractivity contribution in [1.29, 1.82) is 0 Å². The van der Waals surface area contributed by atoms with Gasteiger partial charge in [0.1, 0.15) is 6.33 Å². The number of fused-ring (bicyclic) bond motifs is 1. The van der Waals surface area contributed by atoms with Crippen molar-refractivity contribution in [3.63, 3.8) is 0 Å². The molecular weight excluding hydrogens is 238 g/mol. The molecule has 0 saturated carbocycles. The van der Waals surface area contributed by atoms with Gasteiger partial charge in [-0.3, -0.25) is 4.98 Å². The third-order valence-corrected chi connectivity index (χ3v) is 3.30. The van der Waals surface area contributed by atoms with Crippen LogP contribution < -0.4 is 4.90 Å². The van der Waals surface area contributed by atoms with Gasteiger partial charge in [-0.05, 0) is 11.6 Å². The zero-order valence-electron chi connectivity index (χ0n) is 9.25. The molecule has 0 radical (unpaired) electrons. The van der Waals surface area contributed by atoms with E-state index in [-0.39, 0.29) is 0 Å². The van der Waals surface area contributed by atoms with Gasteiger partial charge >= 0.3 is 0 Å². The third-order valence-electron chi connectivity index (χ3n) is 3.01. The minimum atomic E-state index is 0.501. The lowest BCUT2D eigenvalue weighted by Gasteiger charge is -2.30. The Morgan fingerprint density at radius 2 is 2.29 bits per heavy atom. The first kappa shape index (κ1) is 10.5. The van der Waals surface area contributed by atoms with Crippen LogP contribution in [0.1, 0.15) is 11.4 Å². The Hall–Kier alpha value is -1.62. The van der Waals surface area contributed by atoms with Crippen molar-refractivity contribution in [2.24, 2.45) is 0 Å². The fourth-order valence-corrected chi connectivity index (χ4v) is 2.31. The van der Waals surface area contributed by atoms with Crippen LogP contribution in [0, 0.1) is 0 Å². The van der Waals surface area contributed by atoms with Crippen LogP contribution in [0.4, 0.5) is 5.69 Å². The summed E-state index contributed by atoms with van der Waals surface area (Å²) in [5, 5.41) is 8.03. The summed E-state index contributed by atoms with van der Waals surface area (Å²) in [5.41, 5.74) is 2.20. The first-order valence-corrected chi connectivity index (χ1v) is 6.02. The van der Waals surface area contributed by atoms with Crippen LogP contribution in [0.2, 0.25) is 0 Å². The van der Waals surface area contributed by atoms with Gasteiger partial charge in [0.25, 0.3) is 0 Å². The molecule has 0 amide bonds. The van der Waals surface area contributed by atoms with Crippen LogP contribution in [0.15, 0.2) is 24.8 Å².